The molecule has 1 aliphatic carbocycles. The normalized spacial score (nSPS) is 34.7. The highest BCUT2D eigenvalue weighted by Crippen LogP contribution is 2.92. The first kappa shape index (κ1) is 25.9. The minimum absolute atomic E-state index is 0.182. The predicted octanol–water partition coefficient (Wildman–Crippen LogP) is 6.45. The van der Waals surface area contributed by atoms with Gasteiger partial charge in [0.25, 0.3) is 0 Å². The fourth-order valence-corrected chi connectivity index (χ4v) is 18.0. The summed E-state index contributed by atoms with van der Waals surface area (Å²) in [6.45, 7) is 3.26. The number of nitrogens with zero attached hydrogens (tertiary/aromatic N) is 4. The molecule has 4 bridgehead atoms. The van der Waals surface area contributed by atoms with Gasteiger partial charge in [0, 0.05) is 32.5 Å². The molecule has 0 amide bonds. The van der Waals surface area contributed by atoms with Crippen LogP contribution in [-0.4, -0.2) is 10.5 Å². The maximum Gasteiger partial charge on any atom is 0.198 e. The Morgan fingerprint density at radius 1 is 0.795 bits per heavy atom. The molecule has 0 radical (unpaired) electrons. The molecule has 2 aromatic carbocycles. The van der Waals surface area contributed by atoms with Crippen molar-refractivity contribution in [3.63, 3.8) is 0 Å². The number of rotatable bonds is 2. The molecule has 4 aliphatic rings. The fraction of sp³-hybridized carbons (Fsp3) is 0.241. The molecule has 39 heavy (non-hydrogen) atoms. The lowest BCUT2D eigenvalue weighted by atomic mass is 9.37. The van der Waals surface area contributed by atoms with E-state index >= 15 is 9.13 Å². The predicted molar refractivity (Wildman–Crippen MR) is 149 cm³/mol. The second-order valence-electron chi connectivity index (χ2n) is 10.2. The summed E-state index contributed by atoms with van der Waals surface area (Å²) >= 11 is 14.3. The van der Waals surface area contributed by atoms with Gasteiger partial charge in [0.15, 0.2) is 25.1 Å². The van der Waals surface area contributed by atoms with Crippen molar-refractivity contribution in [2.45, 2.75) is 24.4 Å². The lowest BCUT2D eigenvalue weighted by molar-refractivity contribution is -0.00949. The monoisotopic (exact) mass is 586 g/mol. The Morgan fingerprint density at radius 3 is 1.79 bits per heavy atom. The summed E-state index contributed by atoms with van der Waals surface area (Å²) in [5.41, 5.74) is -5.06. The van der Waals surface area contributed by atoms with E-state index in [9.17, 15) is 21.0 Å². The smallest absolute Gasteiger partial charge is 0.198 e. The van der Waals surface area contributed by atoms with Crippen LogP contribution in [0.3, 0.4) is 0 Å². The van der Waals surface area contributed by atoms with Crippen LogP contribution in [0.1, 0.15) is 13.8 Å². The quantitative estimate of drug-likeness (QED) is 0.294. The van der Waals surface area contributed by atoms with E-state index in [1.807, 2.05) is 24.3 Å². The van der Waals surface area contributed by atoms with Crippen LogP contribution in [0, 0.1) is 62.1 Å². The lowest BCUT2D eigenvalue weighted by Gasteiger charge is -2.68. The molecule has 1 saturated heterocycles. The summed E-state index contributed by atoms with van der Waals surface area (Å²) in [7, 11) is -7.53. The molecule has 6 nitrogen and oxygen atoms in total. The first-order chi connectivity index (χ1) is 18.5. The van der Waals surface area contributed by atoms with Crippen molar-refractivity contribution in [1.29, 1.82) is 21.0 Å². The highest BCUT2D eigenvalue weighted by atomic mass is 35.5. The molecule has 10 heteroatoms. The van der Waals surface area contributed by atoms with Crippen molar-refractivity contribution in [2.75, 3.05) is 0 Å². The molecule has 0 aromatic heterocycles. The van der Waals surface area contributed by atoms with Gasteiger partial charge < -0.3 is 9.13 Å². The third kappa shape index (κ3) is 2.38. The number of hydrogen-bond acceptors (Lipinski definition) is 6. The van der Waals surface area contributed by atoms with Gasteiger partial charge in [-0.2, -0.15) is 21.0 Å². The summed E-state index contributed by atoms with van der Waals surface area (Å²) in [5.74, 6) is -1.28. The lowest BCUT2D eigenvalue weighted by Crippen LogP contribution is -2.77. The maximum atomic E-state index is 15.8. The van der Waals surface area contributed by atoms with E-state index in [1.54, 1.807) is 74.5 Å². The fourth-order valence-electron chi connectivity index (χ4n) is 7.37. The molecule has 6 rings (SSSR count). The number of benzene rings is 2. The van der Waals surface area contributed by atoms with E-state index in [0.29, 0.717) is 16.2 Å². The van der Waals surface area contributed by atoms with Crippen LogP contribution < -0.4 is 10.6 Å². The van der Waals surface area contributed by atoms with Crippen LogP contribution in [-0.2, 0) is 9.13 Å². The SMILES string of the molecule is CC1=C2[C@@H]3[C@H]4C(C#N)(C#N)C(C#N)(C#N)[C@@]4(Cl)C(C)=C(C(=C1Cl)P2(=O)c1ccccc1)P3(=O)c1ccccc1. The molecular weight excluding hydrogens is 569 g/mol. The van der Waals surface area contributed by atoms with E-state index in [0.717, 1.165) is 0 Å². The summed E-state index contributed by atoms with van der Waals surface area (Å²) < 4.78 is 31.2. The van der Waals surface area contributed by atoms with Crippen LogP contribution in [0.2, 0.25) is 0 Å². The third-order valence-electron chi connectivity index (χ3n) is 9.00. The highest BCUT2D eigenvalue weighted by Gasteiger charge is 2.90. The topological polar surface area (TPSA) is 129 Å². The Bertz CT molecular complexity index is 1860. The summed E-state index contributed by atoms with van der Waals surface area (Å²) in [6, 6.07) is 25.1. The highest BCUT2D eigenvalue weighted by molar-refractivity contribution is 7.88. The zero-order chi connectivity index (χ0) is 28.2. The standard InChI is InChI=1S/C29H18Cl2N4O2P2/c1-17-21(30)24-23-18(2)29(31)26(27(13-32,14-33)28(29,15-34)16-35)25(39(23,37)20-11-7-4-8-12-20)22(17)38(24,36)19-9-5-3-6-10-19/h3-12,25-26H,1-2H3/t25-,26+,29-,38?,39?/m1/s1. The number of allylic oxidation sites excluding steroid dienone is 6. The Labute approximate surface area is 235 Å². The van der Waals surface area contributed by atoms with Crippen molar-refractivity contribution < 1.29 is 9.13 Å². The van der Waals surface area contributed by atoms with Crippen molar-refractivity contribution >= 4 is 48.1 Å². The molecule has 2 fully saturated rings. The minimum atomic E-state index is -3.83. The van der Waals surface area contributed by atoms with E-state index in [1.165, 1.54) is 0 Å². The van der Waals surface area contributed by atoms with Gasteiger partial charge in [0.1, 0.15) is 4.87 Å². The van der Waals surface area contributed by atoms with Gasteiger partial charge in [-0.1, -0.05) is 72.3 Å². The number of nitriles is 4. The average Bonchev–Trinajstić information content (AvgIpc) is 3.12. The average molecular weight is 587 g/mol. The molecule has 2 unspecified atom stereocenters. The molecule has 3 heterocycles. The van der Waals surface area contributed by atoms with Gasteiger partial charge in [-0.05, 0) is 25.0 Å². The van der Waals surface area contributed by atoms with Gasteiger partial charge in [-0.15, -0.1) is 11.6 Å². The van der Waals surface area contributed by atoms with E-state index in [2.05, 4.69) is 0 Å². The van der Waals surface area contributed by atoms with Gasteiger partial charge in [0.05, 0.1) is 35.0 Å². The molecule has 5 atom stereocenters. The third-order valence-corrected chi connectivity index (χ3v) is 17.8. The molecular formula is C29H18Cl2N4O2P2. The zero-order valence-corrected chi connectivity index (χ0v) is 24.0. The number of fused-ring (bicyclic) bond motifs is 8. The Balaban J connectivity index is 1.87. The van der Waals surface area contributed by atoms with Crippen LogP contribution >= 0.6 is 37.5 Å². The van der Waals surface area contributed by atoms with Crippen molar-refractivity contribution in [1.82, 2.24) is 0 Å². The zero-order valence-electron chi connectivity index (χ0n) is 20.7. The van der Waals surface area contributed by atoms with Crippen LogP contribution in [0.25, 0.3) is 0 Å². The molecule has 1 saturated carbocycles. The Morgan fingerprint density at radius 2 is 1.31 bits per heavy atom. The number of hydrogen-bond donors (Lipinski definition) is 0. The number of alkyl halides is 1. The van der Waals surface area contributed by atoms with Gasteiger partial charge in [0.2, 0.25) is 0 Å². The molecule has 0 N–H and O–H groups in total. The van der Waals surface area contributed by atoms with Crippen molar-refractivity contribution in [2.24, 2.45) is 16.7 Å². The van der Waals surface area contributed by atoms with E-state index in [4.69, 9.17) is 23.2 Å². The first-order valence-corrected chi connectivity index (χ1v) is 16.3. The van der Waals surface area contributed by atoms with Gasteiger partial charge in [-0.25, -0.2) is 0 Å². The summed E-state index contributed by atoms with van der Waals surface area (Å²) in [5, 5.41) is 43.4. The van der Waals surface area contributed by atoms with Crippen molar-refractivity contribution in [3.8, 4) is 24.3 Å². The Hall–Kier alpha value is -3.34. The van der Waals surface area contributed by atoms with Crippen LogP contribution in [0.4, 0.5) is 0 Å². The van der Waals surface area contributed by atoms with E-state index < -0.39 is 41.6 Å². The second kappa shape index (κ2) is 7.87. The van der Waals surface area contributed by atoms with Crippen molar-refractivity contribution in [3.05, 3.63) is 92.8 Å². The van der Waals surface area contributed by atoms with Gasteiger partial charge >= 0.3 is 0 Å². The molecule has 0 spiro atoms. The molecule has 2 aromatic rings. The molecule has 3 aliphatic heterocycles. The second-order valence-corrected chi connectivity index (χ2v) is 16.7. The van der Waals surface area contributed by atoms with Crippen LogP contribution in [0.5, 0.6) is 0 Å². The first-order valence-electron chi connectivity index (χ1n) is 12.0. The van der Waals surface area contributed by atoms with Crippen LogP contribution in [0.15, 0.2) is 92.8 Å². The largest absolute Gasteiger partial charge is 0.313 e. The summed E-state index contributed by atoms with van der Waals surface area (Å²) in [4.78, 5) is -1.84. The Kier molecular flexibility index (Phi) is 5.23. The molecule has 190 valence electrons. The van der Waals surface area contributed by atoms with E-state index in [-0.39, 0.29) is 26.5 Å². The summed E-state index contributed by atoms with van der Waals surface area (Å²) in [6.07, 6.45) is 0. The number of halogens is 2. The van der Waals surface area contributed by atoms with Gasteiger partial charge in [-0.3, -0.25) is 0 Å². The minimum Gasteiger partial charge on any atom is -0.313 e. The maximum absolute atomic E-state index is 15.8.